The minimum absolute atomic E-state index is 0.194. The van der Waals surface area contributed by atoms with Crippen LogP contribution in [0.3, 0.4) is 0 Å². The number of benzene rings is 1. The molecule has 122 valence electrons. The summed E-state index contributed by atoms with van der Waals surface area (Å²) in [5.74, 6) is 2.34. The first kappa shape index (κ1) is 14.9. The Kier molecular flexibility index (Phi) is 3.71. The van der Waals surface area contributed by atoms with Crippen molar-refractivity contribution in [1.29, 1.82) is 0 Å². The molecule has 0 amide bonds. The lowest BCUT2D eigenvalue weighted by Crippen LogP contribution is -2.33. The fourth-order valence-electron chi connectivity index (χ4n) is 3.20. The average Bonchev–Trinajstić information content (AvgIpc) is 3.37. The zero-order valence-corrected chi connectivity index (χ0v) is 13.7. The lowest BCUT2D eigenvalue weighted by molar-refractivity contribution is 0.618. The number of aromatic nitrogens is 1. The number of thioether (sulfide) groups is 1. The van der Waals surface area contributed by atoms with Crippen LogP contribution >= 0.6 is 11.8 Å². The third-order valence-electron chi connectivity index (χ3n) is 4.68. The first-order chi connectivity index (χ1) is 11.1. The molecule has 23 heavy (non-hydrogen) atoms. The Morgan fingerprint density at radius 1 is 1.26 bits per heavy atom. The minimum Gasteiger partial charge on any atom is -0.394 e. The van der Waals surface area contributed by atoms with Crippen molar-refractivity contribution in [3.8, 4) is 0 Å². The van der Waals surface area contributed by atoms with Gasteiger partial charge in [-0.1, -0.05) is 0 Å². The van der Waals surface area contributed by atoms with Crippen LogP contribution in [0.2, 0.25) is 0 Å². The zero-order valence-electron chi connectivity index (χ0n) is 12.9. The zero-order chi connectivity index (χ0) is 16.0. The van der Waals surface area contributed by atoms with E-state index in [1.54, 1.807) is 6.20 Å². The highest BCUT2D eigenvalue weighted by Gasteiger charge is 2.24. The quantitative estimate of drug-likeness (QED) is 0.938. The molecule has 4 nitrogen and oxygen atoms in total. The first-order valence-corrected chi connectivity index (χ1v) is 9.24. The third kappa shape index (κ3) is 2.80. The van der Waals surface area contributed by atoms with Crippen LogP contribution in [-0.4, -0.2) is 29.2 Å². The van der Waals surface area contributed by atoms with Gasteiger partial charge in [0.2, 0.25) is 5.43 Å². The number of fused-ring (bicyclic) bond motifs is 1. The molecule has 2 aromatic rings. The highest BCUT2D eigenvalue weighted by Crippen LogP contribution is 2.33. The second-order valence-electron chi connectivity index (χ2n) is 6.43. The van der Waals surface area contributed by atoms with Crippen molar-refractivity contribution in [1.82, 2.24) is 4.57 Å². The second kappa shape index (κ2) is 5.74. The topological polar surface area (TPSA) is 51.3 Å². The molecular weight excluding hydrogens is 313 g/mol. The number of anilines is 2. The van der Waals surface area contributed by atoms with Gasteiger partial charge in [-0.15, -0.1) is 0 Å². The van der Waals surface area contributed by atoms with Gasteiger partial charge in [0.05, 0.1) is 22.3 Å². The van der Waals surface area contributed by atoms with E-state index in [-0.39, 0.29) is 16.9 Å². The predicted octanol–water partition coefficient (Wildman–Crippen LogP) is 2.69. The van der Waals surface area contributed by atoms with Gasteiger partial charge in [0.1, 0.15) is 5.82 Å². The summed E-state index contributed by atoms with van der Waals surface area (Å²) < 4.78 is 16.6. The Morgan fingerprint density at radius 2 is 2.00 bits per heavy atom. The smallest absolute Gasteiger partial charge is 0.212 e. The van der Waals surface area contributed by atoms with Crippen molar-refractivity contribution >= 4 is 34.0 Å². The Hall–Kier alpha value is -1.69. The van der Waals surface area contributed by atoms with Gasteiger partial charge < -0.3 is 15.2 Å². The molecule has 1 aromatic heterocycles. The fraction of sp³-hybridized carbons (Fsp3) is 0.471. The molecule has 0 radical (unpaired) electrons. The van der Waals surface area contributed by atoms with Crippen molar-refractivity contribution in [2.24, 2.45) is 5.92 Å². The van der Waals surface area contributed by atoms with Crippen LogP contribution in [0.4, 0.5) is 15.8 Å². The summed E-state index contributed by atoms with van der Waals surface area (Å²) in [6, 6.07) is 3.21. The molecule has 1 saturated heterocycles. The van der Waals surface area contributed by atoms with Gasteiger partial charge in [0.15, 0.2) is 0 Å². The van der Waals surface area contributed by atoms with E-state index in [9.17, 15) is 9.18 Å². The van der Waals surface area contributed by atoms with Crippen LogP contribution in [-0.2, 0) is 6.54 Å². The number of halogens is 1. The lowest BCUT2D eigenvalue weighted by Gasteiger charge is -2.29. The maximum atomic E-state index is 14.6. The molecule has 6 heteroatoms. The average molecular weight is 333 g/mol. The van der Waals surface area contributed by atoms with Crippen LogP contribution in [0.5, 0.6) is 0 Å². The number of nitrogen functional groups attached to an aromatic ring is 1. The van der Waals surface area contributed by atoms with Gasteiger partial charge >= 0.3 is 0 Å². The molecule has 0 atom stereocenters. The molecule has 1 aliphatic carbocycles. The molecule has 2 fully saturated rings. The van der Waals surface area contributed by atoms with E-state index in [1.807, 2.05) is 22.4 Å². The summed E-state index contributed by atoms with van der Waals surface area (Å²) in [6.07, 6.45) is 4.15. The van der Waals surface area contributed by atoms with Crippen molar-refractivity contribution in [2.75, 3.05) is 35.2 Å². The molecule has 1 saturated carbocycles. The second-order valence-corrected chi connectivity index (χ2v) is 7.65. The van der Waals surface area contributed by atoms with Gasteiger partial charge in [-0.2, -0.15) is 11.8 Å². The summed E-state index contributed by atoms with van der Waals surface area (Å²) in [4.78, 5) is 14.4. The van der Waals surface area contributed by atoms with Gasteiger partial charge in [-0.05, 0) is 30.9 Å². The SMILES string of the molecule is Nc1cn(CC2CC2)c2cc(N3CCSCC3)c(F)cc2c1=O. The Morgan fingerprint density at radius 3 is 2.70 bits per heavy atom. The number of hydrogen-bond acceptors (Lipinski definition) is 4. The summed E-state index contributed by atoms with van der Waals surface area (Å²) in [5.41, 5.74) is 7.17. The van der Waals surface area contributed by atoms with E-state index in [1.165, 1.54) is 18.9 Å². The molecule has 4 rings (SSSR count). The molecule has 2 N–H and O–H groups in total. The Bertz CT molecular complexity index is 810. The van der Waals surface area contributed by atoms with E-state index in [0.29, 0.717) is 17.0 Å². The highest BCUT2D eigenvalue weighted by atomic mass is 32.2. The van der Waals surface area contributed by atoms with Crippen molar-refractivity contribution in [3.05, 3.63) is 34.4 Å². The predicted molar refractivity (Wildman–Crippen MR) is 94.8 cm³/mol. The molecule has 2 heterocycles. The van der Waals surface area contributed by atoms with Crippen LogP contribution in [0.15, 0.2) is 23.1 Å². The van der Waals surface area contributed by atoms with Crippen molar-refractivity contribution in [3.63, 3.8) is 0 Å². The summed E-state index contributed by atoms with van der Waals surface area (Å²) in [5, 5.41) is 0.387. The lowest BCUT2D eigenvalue weighted by atomic mass is 10.1. The van der Waals surface area contributed by atoms with E-state index >= 15 is 0 Å². The normalized spacial score (nSPS) is 18.6. The molecule has 1 aromatic carbocycles. The maximum absolute atomic E-state index is 14.6. The molecule has 0 bridgehead atoms. The van der Waals surface area contributed by atoms with Crippen molar-refractivity contribution < 1.29 is 4.39 Å². The summed E-state index contributed by atoms with van der Waals surface area (Å²) in [6.45, 7) is 2.53. The van der Waals surface area contributed by atoms with Gasteiger partial charge in [-0.25, -0.2) is 4.39 Å². The van der Waals surface area contributed by atoms with E-state index in [4.69, 9.17) is 5.73 Å². The van der Waals surface area contributed by atoms with E-state index < -0.39 is 0 Å². The molecule has 0 spiro atoms. The molecule has 2 aliphatic rings. The molecular formula is C17H20FN3OS. The van der Waals surface area contributed by atoms with Gasteiger partial charge in [0, 0.05) is 37.3 Å². The summed E-state index contributed by atoms with van der Waals surface area (Å²) >= 11 is 1.89. The molecule has 0 unspecified atom stereocenters. The number of rotatable bonds is 3. The van der Waals surface area contributed by atoms with E-state index in [0.717, 1.165) is 36.7 Å². The third-order valence-corrected chi connectivity index (χ3v) is 5.62. The maximum Gasteiger partial charge on any atom is 0.212 e. The van der Waals surface area contributed by atoms with Crippen molar-refractivity contribution in [2.45, 2.75) is 19.4 Å². The van der Waals surface area contributed by atoms with Crippen LogP contribution in [0.1, 0.15) is 12.8 Å². The van der Waals surface area contributed by atoms with Crippen LogP contribution in [0, 0.1) is 11.7 Å². The fourth-order valence-corrected chi connectivity index (χ4v) is 4.10. The summed E-state index contributed by atoms with van der Waals surface area (Å²) in [7, 11) is 0. The minimum atomic E-state index is -0.329. The van der Waals surface area contributed by atoms with Gasteiger partial charge in [0.25, 0.3) is 0 Å². The van der Waals surface area contributed by atoms with Gasteiger partial charge in [-0.3, -0.25) is 4.79 Å². The van der Waals surface area contributed by atoms with E-state index in [2.05, 4.69) is 4.90 Å². The Balaban J connectivity index is 1.87. The number of nitrogens with two attached hydrogens (primary N) is 1. The number of nitrogens with zero attached hydrogens (tertiary/aromatic N) is 2. The van der Waals surface area contributed by atoms with Crippen LogP contribution < -0.4 is 16.1 Å². The highest BCUT2D eigenvalue weighted by molar-refractivity contribution is 7.99. The number of pyridine rings is 1. The molecule has 1 aliphatic heterocycles. The first-order valence-electron chi connectivity index (χ1n) is 8.08. The standard InChI is InChI=1S/C17H20FN3OS/c18-13-7-12-15(8-16(13)20-3-5-23-6-4-20)21(9-11-1-2-11)10-14(19)17(12)22/h7-8,10-11H,1-6,9,19H2. The largest absolute Gasteiger partial charge is 0.394 e. The van der Waals surface area contributed by atoms with Crippen LogP contribution in [0.25, 0.3) is 10.9 Å². The number of hydrogen-bond donors (Lipinski definition) is 1. The Labute approximate surface area is 138 Å². The monoisotopic (exact) mass is 333 g/mol.